The van der Waals surface area contributed by atoms with Gasteiger partial charge in [0.05, 0.1) is 12.2 Å². The van der Waals surface area contributed by atoms with Gasteiger partial charge in [-0.1, -0.05) is 78.9 Å². The van der Waals surface area contributed by atoms with Crippen LogP contribution in [0.25, 0.3) is 22.3 Å². The van der Waals surface area contributed by atoms with Crippen molar-refractivity contribution >= 4 is 17.3 Å². The molecule has 1 unspecified atom stereocenters. The van der Waals surface area contributed by atoms with Gasteiger partial charge in [-0.05, 0) is 78.0 Å². The zero-order valence-corrected chi connectivity index (χ0v) is 23.1. The molecule has 1 aliphatic carbocycles. The van der Waals surface area contributed by atoms with Crippen molar-refractivity contribution in [3.05, 3.63) is 103 Å². The second-order valence-corrected chi connectivity index (χ2v) is 11.1. The monoisotopic (exact) mass is 548 g/mol. The van der Waals surface area contributed by atoms with Gasteiger partial charge in [0.25, 0.3) is 0 Å². The predicted octanol–water partition coefficient (Wildman–Crippen LogP) is 7.36. The molecule has 0 bridgehead atoms. The summed E-state index contributed by atoms with van der Waals surface area (Å²) in [5, 5.41) is 23.7. The van der Waals surface area contributed by atoms with Crippen LogP contribution < -0.4 is 15.0 Å². The fourth-order valence-electron chi connectivity index (χ4n) is 6.27. The molecule has 6 heteroatoms. The summed E-state index contributed by atoms with van der Waals surface area (Å²) in [6.07, 6.45) is 3.43. The van der Waals surface area contributed by atoms with E-state index in [4.69, 9.17) is 9.84 Å². The molecule has 0 aromatic heterocycles. The summed E-state index contributed by atoms with van der Waals surface area (Å²) in [6, 6.07) is 33.1. The number of nitrogens with one attached hydrogen (secondary N) is 1. The second-order valence-electron chi connectivity index (χ2n) is 11.1. The number of rotatable bonds is 8. The van der Waals surface area contributed by atoms with Gasteiger partial charge in [-0.3, -0.25) is 4.79 Å². The molecule has 6 nitrogen and oxygen atoms in total. The second kappa shape index (κ2) is 12.1. The van der Waals surface area contributed by atoms with E-state index in [1.807, 2.05) is 47.4 Å². The van der Waals surface area contributed by atoms with Crippen LogP contribution >= 0.6 is 0 Å². The highest BCUT2D eigenvalue weighted by Crippen LogP contribution is 2.40. The number of nitrogens with zero attached hydrogens (tertiary/aromatic N) is 1. The smallest absolute Gasteiger partial charge is 0.303 e. The van der Waals surface area contributed by atoms with Gasteiger partial charge in [0.2, 0.25) is 6.35 Å². The Hall–Kier alpha value is -4.29. The average molecular weight is 549 g/mol. The highest BCUT2D eigenvalue weighted by Gasteiger charge is 2.26. The number of aliphatic carboxylic acids is 1. The average Bonchev–Trinajstić information content (AvgIpc) is 3.01. The van der Waals surface area contributed by atoms with Crippen molar-refractivity contribution in [1.82, 2.24) is 0 Å². The van der Waals surface area contributed by atoms with E-state index in [-0.39, 0.29) is 6.42 Å². The molecule has 210 valence electrons. The Kier molecular flexibility index (Phi) is 7.92. The summed E-state index contributed by atoms with van der Waals surface area (Å²) in [5.41, 5.74) is 7.36. The molecule has 1 aliphatic heterocycles. The molecule has 41 heavy (non-hydrogen) atoms. The summed E-state index contributed by atoms with van der Waals surface area (Å²) in [7, 11) is 0. The lowest BCUT2D eigenvalue weighted by molar-refractivity contribution is -0.138. The SMILES string of the molecule is O=C(O)CC1CCC(c2ccc(-c3ccc4c(c3)OCCN4C(O)Nc3ccccc3-c3ccccc3)cc2)CC1. The molecule has 1 heterocycles. The van der Waals surface area contributed by atoms with Crippen molar-refractivity contribution in [3.8, 4) is 28.0 Å². The molecular formula is C35H36N2O4. The molecular weight excluding hydrogens is 512 g/mol. The van der Waals surface area contributed by atoms with E-state index in [2.05, 4.69) is 59.9 Å². The standard InChI is InChI=1S/C35H36N2O4/c38-34(39)22-24-10-12-25(13-11-24)26-14-16-27(17-15-26)29-18-19-32-33(23-29)41-21-20-37(32)35(40)36-31-9-5-4-8-30(31)28-6-2-1-3-7-28/h1-9,14-19,23-25,35-36,40H,10-13,20-22H2,(H,38,39). The first-order valence-corrected chi connectivity index (χ1v) is 14.5. The summed E-state index contributed by atoms with van der Waals surface area (Å²) >= 11 is 0. The lowest BCUT2D eigenvalue weighted by Gasteiger charge is -2.36. The van der Waals surface area contributed by atoms with Crippen molar-refractivity contribution in [3.63, 3.8) is 0 Å². The Morgan fingerprint density at radius 1 is 0.854 bits per heavy atom. The number of ether oxygens (including phenoxy) is 1. The Morgan fingerprint density at radius 3 is 2.32 bits per heavy atom. The minimum absolute atomic E-state index is 0.289. The molecule has 0 radical (unpaired) electrons. The quantitative estimate of drug-likeness (QED) is 0.200. The first-order valence-electron chi connectivity index (χ1n) is 14.5. The molecule has 1 saturated carbocycles. The molecule has 6 rings (SSSR count). The molecule has 4 aromatic rings. The maximum atomic E-state index is 11.3. The molecule has 2 aliphatic rings. The molecule has 0 amide bonds. The van der Waals surface area contributed by atoms with Crippen LogP contribution in [0.1, 0.15) is 43.6 Å². The minimum Gasteiger partial charge on any atom is -0.490 e. The number of carboxylic acids is 1. The van der Waals surface area contributed by atoms with Crippen LogP contribution in [0.4, 0.5) is 11.4 Å². The fourth-order valence-corrected chi connectivity index (χ4v) is 6.27. The van der Waals surface area contributed by atoms with Gasteiger partial charge in [-0.2, -0.15) is 0 Å². The first-order chi connectivity index (χ1) is 20.0. The van der Waals surface area contributed by atoms with Gasteiger partial charge < -0.3 is 25.2 Å². The van der Waals surface area contributed by atoms with Crippen LogP contribution in [-0.4, -0.2) is 35.7 Å². The summed E-state index contributed by atoms with van der Waals surface area (Å²) in [4.78, 5) is 13.0. The van der Waals surface area contributed by atoms with Crippen LogP contribution in [0, 0.1) is 5.92 Å². The predicted molar refractivity (Wildman–Crippen MR) is 163 cm³/mol. The van der Waals surface area contributed by atoms with E-state index >= 15 is 0 Å². The van der Waals surface area contributed by atoms with Crippen LogP contribution in [0.2, 0.25) is 0 Å². The Labute approximate surface area is 241 Å². The lowest BCUT2D eigenvalue weighted by Crippen LogP contribution is -2.45. The highest BCUT2D eigenvalue weighted by molar-refractivity contribution is 5.78. The van der Waals surface area contributed by atoms with Crippen molar-refractivity contribution in [2.75, 3.05) is 23.4 Å². The van der Waals surface area contributed by atoms with Gasteiger partial charge in [-0.15, -0.1) is 0 Å². The third-order valence-electron chi connectivity index (χ3n) is 8.48. The normalized spacial score (nSPS) is 19.1. The number of benzene rings is 4. The fraction of sp³-hybridized carbons (Fsp3) is 0.286. The lowest BCUT2D eigenvalue weighted by atomic mass is 9.77. The van der Waals surface area contributed by atoms with Gasteiger partial charge in [0.15, 0.2) is 0 Å². The molecule has 3 N–H and O–H groups in total. The van der Waals surface area contributed by atoms with Gasteiger partial charge >= 0.3 is 5.97 Å². The first kappa shape index (κ1) is 26.9. The maximum Gasteiger partial charge on any atom is 0.303 e. The minimum atomic E-state index is -0.918. The van der Waals surface area contributed by atoms with E-state index in [9.17, 15) is 9.90 Å². The van der Waals surface area contributed by atoms with E-state index in [0.717, 1.165) is 65.1 Å². The summed E-state index contributed by atoms with van der Waals surface area (Å²) < 4.78 is 6.04. The number of aliphatic hydroxyl groups excluding tert-OH is 1. The largest absolute Gasteiger partial charge is 0.490 e. The number of fused-ring (bicyclic) bond motifs is 1. The van der Waals surface area contributed by atoms with Crippen molar-refractivity contribution in [2.45, 2.75) is 44.4 Å². The number of hydrogen-bond donors (Lipinski definition) is 3. The molecule has 0 spiro atoms. The Bertz CT molecular complexity index is 1480. The van der Waals surface area contributed by atoms with E-state index in [0.29, 0.717) is 25.0 Å². The van der Waals surface area contributed by atoms with E-state index in [1.165, 1.54) is 5.56 Å². The highest BCUT2D eigenvalue weighted by atomic mass is 16.5. The van der Waals surface area contributed by atoms with Crippen LogP contribution in [0.5, 0.6) is 5.75 Å². The summed E-state index contributed by atoms with van der Waals surface area (Å²) in [6.45, 7) is 1.05. The Morgan fingerprint density at radius 2 is 1.56 bits per heavy atom. The van der Waals surface area contributed by atoms with E-state index < -0.39 is 12.3 Å². The van der Waals surface area contributed by atoms with Crippen LogP contribution in [0.15, 0.2) is 97.1 Å². The number of aliphatic hydroxyl groups is 1. The number of para-hydroxylation sites is 1. The van der Waals surface area contributed by atoms with Gasteiger partial charge in [0, 0.05) is 17.7 Å². The number of hydrogen-bond acceptors (Lipinski definition) is 5. The zero-order valence-electron chi connectivity index (χ0n) is 23.1. The molecule has 0 saturated heterocycles. The van der Waals surface area contributed by atoms with Gasteiger partial charge in [-0.25, -0.2) is 0 Å². The Balaban J connectivity index is 1.15. The topological polar surface area (TPSA) is 82.0 Å². The molecule has 4 aromatic carbocycles. The van der Waals surface area contributed by atoms with Crippen molar-refractivity contribution < 1.29 is 19.7 Å². The summed E-state index contributed by atoms with van der Waals surface area (Å²) in [5.74, 6) is 0.877. The number of carbonyl (C=O) groups is 1. The van der Waals surface area contributed by atoms with Crippen LogP contribution in [0.3, 0.4) is 0 Å². The van der Waals surface area contributed by atoms with Crippen LogP contribution in [-0.2, 0) is 4.79 Å². The van der Waals surface area contributed by atoms with Crippen molar-refractivity contribution in [2.24, 2.45) is 5.92 Å². The molecule has 1 atom stereocenters. The zero-order chi connectivity index (χ0) is 28.2. The van der Waals surface area contributed by atoms with Crippen molar-refractivity contribution in [1.29, 1.82) is 0 Å². The number of anilines is 2. The third kappa shape index (κ3) is 6.08. The maximum absolute atomic E-state index is 11.3. The number of carboxylic acid groups (broad SMARTS) is 1. The van der Waals surface area contributed by atoms with Gasteiger partial charge in [0.1, 0.15) is 12.4 Å². The third-order valence-corrected chi connectivity index (χ3v) is 8.48. The molecule has 1 fully saturated rings. The van der Waals surface area contributed by atoms with E-state index in [1.54, 1.807) is 0 Å².